The lowest BCUT2D eigenvalue weighted by Gasteiger charge is -1.95. The predicted octanol–water partition coefficient (Wildman–Crippen LogP) is 0.887. The number of aromatic nitrogens is 2. The van der Waals surface area contributed by atoms with Crippen LogP contribution in [0.4, 0.5) is 5.13 Å². The third-order valence-corrected chi connectivity index (χ3v) is 2.12. The molecule has 1 aliphatic carbocycles. The molecule has 0 aromatic carbocycles. The summed E-state index contributed by atoms with van der Waals surface area (Å²) in [6, 6.07) is 0. The zero-order valence-corrected chi connectivity index (χ0v) is 6.60. The molecule has 1 aliphatic rings. The molecule has 11 heavy (non-hydrogen) atoms. The maximum atomic E-state index is 11.1. The van der Waals surface area contributed by atoms with Crippen LogP contribution >= 0.6 is 11.5 Å². The average Bonchev–Trinajstić information content (AvgIpc) is 2.73. The van der Waals surface area contributed by atoms with Gasteiger partial charge in [0, 0.05) is 17.5 Å². The van der Waals surface area contributed by atoms with E-state index < -0.39 is 0 Å². The number of hydrogen-bond acceptors (Lipinski definition) is 4. The van der Waals surface area contributed by atoms with Gasteiger partial charge in [0.15, 0.2) is 0 Å². The van der Waals surface area contributed by atoms with E-state index in [1.54, 1.807) is 0 Å². The summed E-state index contributed by atoms with van der Waals surface area (Å²) in [5.74, 6) is 0.320. The molecule has 1 fully saturated rings. The maximum absolute atomic E-state index is 11.1. The summed E-state index contributed by atoms with van der Waals surface area (Å²) < 4.78 is 3.77. The Balaban J connectivity index is 1.94. The minimum absolute atomic E-state index is 0.0850. The first-order chi connectivity index (χ1) is 5.36. The number of carbonyl (C=O) groups is 1. The van der Waals surface area contributed by atoms with Gasteiger partial charge >= 0.3 is 0 Å². The lowest BCUT2D eigenvalue weighted by atomic mass is 10.4. The van der Waals surface area contributed by atoms with Gasteiger partial charge in [-0.1, -0.05) is 0 Å². The molecule has 4 nitrogen and oxygen atoms in total. The summed E-state index contributed by atoms with van der Waals surface area (Å²) >= 11 is 1.20. The molecule has 0 atom stereocenters. The van der Waals surface area contributed by atoms with Gasteiger partial charge < -0.3 is 5.32 Å². The molecule has 1 aromatic rings. The van der Waals surface area contributed by atoms with E-state index in [4.69, 9.17) is 0 Å². The van der Waals surface area contributed by atoms with Crippen molar-refractivity contribution in [3.63, 3.8) is 0 Å². The summed E-state index contributed by atoms with van der Waals surface area (Å²) in [7, 11) is 0. The van der Waals surface area contributed by atoms with Crippen molar-refractivity contribution >= 4 is 22.6 Å². The van der Waals surface area contributed by atoms with Gasteiger partial charge in [-0.2, -0.15) is 4.37 Å². The van der Waals surface area contributed by atoms with Crippen molar-refractivity contribution in [3.05, 3.63) is 6.33 Å². The monoisotopic (exact) mass is 169 g/mol. The van der Waals surface area contributed by atoms with E-state index in [0.717, 1.165) is 12.8 Å². The Morgan fingerprint density at radius 2 is 2.55 bits per heavy atom. The highest BCUT2D eigenvalue weighted by atomic mass is 32.1. The first-order valence-electron chi connectivity index (χ1n) is 3.44. The van der Waals surface area contributed by atoms with E-state index in [1.807, 2.05) is 0 Å². The number of nitrogens with zero attached hydrogens (tertiary/aromatic N) is 2. The zero-order chi connectivity index (χ0) is 7.68. The number of nitrogens with one attached hydrogen (secondary N) is 1. The van der Waals surface area contributed by atoms with Crippen LogP contribution in [0.15, 0.2) is 6.33 Å². The molecule has 0 unspecified atom stereocenters. The van der Waals surface area contributed by atoms with Crippen LogP contribution in [-0.4, -0.2) is 15.3 Å². The Morgan fingerprint density at radius 1 is 1.73 bits per heavy atom. The van der Waals surface area contributed by atoms with Crippen molar-refractivity contribution < 1.29 is 4.79 Å². The second-order valence-corrected chi connectivity index (χ2v) is 3.29. The second kappa shape index (κ2) is 2.58. The van der Waals surface area contributed by atoms with Crippen LogP contribution in [0.25, 0.3) is 0 Å². The fourth-order valence-electron chi connectivity index (χ4n) is 0.781. The topological polar surface area (TPSA) is 54.9 Å². The van der Waals surface area contributed by atoms with E-state index in [2.05, 4.69) is 14.7 Å². The Morgan fingerprint density at radius 3 is 3.09 bits per heavy atom. The molecule has 1 saturated carbocycles. The van der Waals surface area contributed by atoms with Crippen molar-refractivity contribution in [2.75, 3.05) is 5.32 Å². The van der Waals surface area contributed by atoms with Gasteiger partial charge in [-0.25, -0.2) is 4.98 Å². The van der Waals surface area contributed by atoms with Gasteiger partial charge in [0.05, 0.1) is 0 Å². The Labute approximate surface area is 67.8 Å². The van der Waals surface area contributed by atoms with E-state index in [0.29, 0.717) is 5.13 Å². The minimum atomic E-state index is 0.0850. The van der Waals surface area contributed by atoms with Crippen LogP contribution in [0.1, 0.15) is 12.8 Å². The van der Waals surface area contributed by atoms with Gasteiger partial charge in [-0.3, -0.25) is 4.79 Å². The largest absolute Gasteiger partial charge is 0.300 e. The summed E-state index contributed by atoms with van der Waals surface area (Å²) in [6.45, 7) is 0. The fraction of sp³-hybridized carbons (Fsp3) is 0.500. The number of amides is 1. The SMILES string of the molecule is O=C(Nc1ncns1)C1CC1. The number of rotatable bonds is 2. The molecule has 0 saturated heterocycles. The third kappa shape index (κ3) is 1.54. The summed E-state index contributed by atoms with van der Waals surface area (Å²) in [5.41, 5.74) is 0. The molecule has 1 heterocycles. The van der Waals surface area contributed by atoms with E-state index in [9.17, 15) is 4.79 Å². The summed E-state index contributed by atoms with van der Waals surface area (Å²) in [4.78, 5) is 14.9. The summed E-state index contributed by atoms with van der Waals surface area (Å²) in [5, 5.41) is 3.29. The molecule has 1 aromatic heterocycles. The van der Waals surface area contributed by atoms with Gasteiger partial charge in [0.25, 0.3) is 0 Å². The molecule has 0 spiro atoms. The van der Waals surface area contributed by atoms with Gasteiger partial charge in [0.2, 0.25) is 11.0 Å². The fourth-order valence-corrected chi connectivity index (χ4v) is 1.22. The van der Waals surface area contributed by atoms with Crippen LogP contribution in [0.2, 0.25) is 0 Å². The molecule has 1 N–H and O–H groups in total. The molecule has 0 aliphatic heterocycles. The van der Waals surface area contributed by atoms with Crippen LogP contribution in [0.5, 0.6) is 0 Å². The molecule has 5 heteroatoms. The molecule has 1 amide bonds. The van der Waals surface area contributed by atoms with Gasteiger partial charge in [0.1, 0.15) is 6.33 Å². The van der Waals surface area contributed by atoms with Crippen LogP contribution in [-0.2, 0) is 4.79 Å². The molecule has 58 valence electrons. The smallest absolute Gasteiger partial charge is 0.229 e. The predicted molar refractivity (Wildman–Crippen MR) is 41.3 cm³/mol. The Kier molecular flexibility index (Phi) is 1.58. The normalized spacial score (nSPS) is 16.4. The zero-order valence-electron chi connectivity index (χ0n) is 5.78. The van der Waals surface area contributed by atoms with E-state index in [1.165, 1.54) is 17.9 Å². The number of carbonyl (C=O) groups excluding carboxylic acids is 1. The van der Waals surface area contributed by atoms with Crippen molar-refractivity contribution in [2.24, 2.45) is 5.92 Å². The van der Waals surface area contributed by atoms with Crippen molar-refractivity contribution in [3.8, 4) is 0 Å². The maximum Gasteiger partial charge on any atom is 0.229 e. The third-order valence-electron chi connectivity index (χ3n) is 1.54. The first-order valence-corrected chi connectivity index (χ1v) is 4.21. The van der Waals surface area contributed by atoms with Gasteiger partial charge in [-0.05, 0) is 12.8 Å². The Hall–Kier alpha value is -0.970. The highest BCUT2D eigenvalue weighted by molar-refractivity contribution is 7.09. The summed E-state index contributed by atoms with van der Waals surface area (Å²) in [6.07, 6.45) is 3.47. The van der Waals surface area contributed by atoms with Crippen molar-refractivity contribution in [2.45, 2.75) is 12.8 Å². The van der Waals surface area contributed by atoms with Crippen LogP contribution in [0, 0.1) is 5.92 Å². The van der Waals surface area contributed by atoms with Crippen molar-refractivity contribution in [1.82, 2.24) is 9.36 Å². The van der Waals surface area contributed by atoms with Gasteiger partial charge in [-0.15, -0.1) is 0 Å². The van der Waals surface area contributed by atoms with E-state index in [-0.39, 0.29) is 11.8 Å². The lowest BCUT2D eigenvalue weighted by Crippen LogP contribution is -2.12. The molecular weight excluding hydrogens is 162 g/mol. The minimum Gasteiger partial charge on any atom is -0.300 e. The van der Waals surface area contributed by atoms with Crippen LogP contribution in [0.3, 0.4) is 0 Å². The van der Waals surface area contributed by atoms with Crippen LogP contribution < -0.4 is 5.32 Å². The lowest BCUT2D eigenvalue weighted by molar-refractivity contribution is -0.117. The molecule has 2 rings (SSSR count). The highest BCUT2D eigenvalue weighted by Crippen LogP contribution is 2.30. The highest BCUT2D eigenvalue weighted by Gasteiger charge is 2.29. The average molecular weight is 169 g/mol. The Bertz CT molecular complexity index is 255. The first kappa shape index (κ1) is 6.72. The molecule has 0 bridgehead atoms. The number of anilines is 1. The molecular formula is C6H7N3OS. The second-order valence-electron chi connectivity index (χ2n) is 2.51. The van der Waals surface area contributed by atoms with Crippen molar-refractivity contribution in [1.29, 1.82) is 0 Å². The molecule has 0 radical (unpaired) electrons. The quantitative estimate of drug-likeness (QED) is 0.715. The van der Waals surface area contributed by atoms with E-state index >= 15 is 0 Å². The number of hydrogen-bond donors (Lipinski definition) is 1. The standard InChI is InChI=1S/C6H7N3OS/c10-5(4-1-2-4)9-6-7-3-8-11-6/h3-4H,1-2H2,(H,7,8,9,10).